The molecule has 0 saturated heterocycles. The van der Waals surface area contributed by atoms with Gasteiger partial charge in [-0.25, -0.2) is 0 Å². The summed E-state index contributed by atoms with van der Waals surface area (Å²) in [5.41, 5.74) is 0.0122. The Balaban J connectivity index is 2.44. The second-order valence-electron chi connectivity index (χ2n) is 4.05. The van der Waals surface area contributed by atoms with Crippen molar-refractivity contribution in [2.75, 3.05) is 12.3 Å². The highest BCUT2D eigenvalue weighted by Crippen LogP contribution is 2.33. The average Bonchev–Trinajstić information content (AvgIpc) is 2.67. The molecule has 0 radical (unpaired) electrons. The van der Waals surface area contributed by atoms with Gasteiger partial charge in [0.15, 0.2) is 0 Å². The Morgan fingerprint density at radius 3 is 2.64 bits per heavy atom. The minimum atomic E-state index is -0.185. The van der Waals surface area contributed by atoms with Crippen LogP contribution in [0.5, 0.6) is 0 Å². The van der Waals surface area contributed by atoms with E-state index in [1.54, 1.807) is 10.8 Å². The van der Waals surface area contributed by atoms with Crippen LogP contribution in [0, 0.1) is 0 Å². The number of nitrogens with one attached hydrogen (secondary N) is 1. The topological polar surface area (TPSA) is 32.3 Å². The molecule has 4 heteroatoms. The van der Waals surface area contributed by atoms with E-state index in [1.165, 1.54) is 12.8 Å². The molecule has 14 heavy (non-hydrogen) atoms. The van der Waals surface area contributed by atoms with Crippen LogP contribution >= 0.6 is 22.5 Å². The van der Waals surface area contributed by atoms with E-state index in [1.807, 2.05) is 0 Å². The number of hydrogen-bond donors (Lipinski definition) is 3. The van der Waals surface area contributed by atoms with Crippen molar-refractivity contribution in [3.05, 3.63) is 0 Å². The van der Waals surface area contributed by atoms with Crippen molar-refractivity contribution in [3.8, 4) is 0 Å². The van der Waals surface area contributed by atoms with Crippen LogP contribution < -0.4 is 5.32 Å². The van der Waals surface area contributed by atoms with Gasteiger partial charge in [0.2, 0.25) is 0 Å². The van der Waals surface area contributed by atoms with Crippen molar-refractivity contribution in [1.29, 1.82) is 0 Å². The third-order valence-corrected chi connectivity index (χ3v) is 4.13. The summed E-state index contributed by atoms with van der Waals surface area (Å²) >= 11 is 4.11. The zero-order chi connectivity index (χ0) is 10.4. The summed E-state index contributed by atoms with van der Waals surface area (Å²) in [6.45, 7) is 3.00. The predicted molar refractivity (Wildman–Crippen MR) is 66.9 cm³/mol. The van der Waals surface area contributed by atoms with Gasteiger partial charge in [-0.1, -0.05) is 30.6 Å². The predicted octanol–water partition coefficient (Wildman–Crippen LogP) is 2.24. The van der Waals surface area contributed by atoms with Gasteiger partial charge in [0.1, 0.15) is 0 Å². The molecule has 84 valence electrons. The summed E-state index contributed by atoms with van der Waals surface area (Å²) in [4.78, 5) is 0. The zero-order valence-corrected chi connectivity index (χ0v) is 10.5. The van der Waals surface area contributed by atoms with Gasteiger partial charge in [-0.05, 0) is 19.3 Å². The first-order valence-electron chi connectivity index (χ1n) is 5.44. The van der Waals surface area contributed by atoms with E-state index in [9.17, 15) is 5.11 Å². The van der Waals surface area contributed by atoms with Gasteiger partial charge in [0.25, 0.3) is 0 Å². The Hall–Kier alpha value is 0.620. The number of aliphatic hydroxyl groups excluding tert-OH is 1. The van der Waals surface area contributed by atoms with Crippen LogP contribution in [0.25, 0.3) is 0 Å². The fourth-order valence-corrected chi connectivity index (χ4v) is 2.84. The Labute approximate surface area is 96.0 Å². The van der Waals surface area contributed by atoms with E-state index in [0.717, 1.165) is 31.6 Å². The summed E-state index contributed by atoms with van der Waals surface area (Å²) in [5, 5.41) is 13.5. The van der Waals surface area contributed by atoms with Crippen LogP contribution in [0.1, 0.15) is 39.0 Å². The minimum Gasteiger partial charge on any atom is -0.391 e. The van der Waals surface area contributed by atoms with Gasteiger partial charge in [0.05, 0.1) is 6.10 Å². The maximum absolute atomic E-state index is 10.0. The number of hydrogen-bond acceptors (Lipinski definition) is 4. The molecule has 1 aliphatic carbocycles. The lowest BCUT2D eigenvalue weighted by atomic mass is 9.89. The van der Waals surface area contributed by atoms with Gasteiger partial charge >= 0.3 is 0 Å². The third-order valence-electron chi connectivity index (χ3n) is 3.19. The minimum absolute atomic E-state index is 0.0122. The van der Waals surface area contributed by atoms with E-state index in [2.05, 4.69) is 23.9 Å². The summed E-state index contributed by atoms with van der Waals surface area (Å²) in [6.07, 6.45) is 5.41. The van der Waals surface area contributed by atoms with Crippen molar-refractivity contribution in [2.45, 2.75) is 50.7 Å². The monoisotopic (exact) mass is 235 g/mol. The van der Waals surface area contributed by atoms with Crippen LogP contribution in [0.3, 0.4) is 0 Å². The van der Waals surface area contributed by atoms with Gasteiger partial charge in [0, 0.05) is 17.8 Å². The molecule has 1 saturated carbocycles. The molecule has 1 fully saturated rings. The molecule has 0 aromatic rings. The third kappa shape index (κ3) is 3.05. The summed E-state index contributed by atoms with van der Waals surface area (Å²) in [6, 6.07) is 0. The molecule has 0 aromatic carbocycles. The Morgan fingerprint density at radius 1 is 1.50 bits per heavy atom. The van der Waals surface area contributed by atoms with Crippen molar-refractivity contribution in [1.82, 2.24) is 5.32 Å². The second-order valence-corrected chi connectivity index (χ2v) is 5.49. The first kappa shape index (κ1) is 12.7. The summed E-state index contributed by atoms with van der Waals surface area (Å²) in [5.74, 6) is 1.00. The number of aliphatic hydroxyl groups is 1. The van der Waals surface area contributed by atoms with Crippen molar-refractivity contribution >= 4 is 22.5 Å². The Kier molecular flexibility index (Phi) is 5.67. The average molecular weight is 235 g/mol. The number of thiol groups is 1. The first-order valence-corrected chi connectivity index (χ1v) is 7.48. The van der Waals surface area contributed by atoms with Gasteiger partial charge < -0.3 is 10.4 Å². The van der Waals surface area contributed by atoms with E-state index in [0.29, 0.717) is 0 Å². The van der Waals surface area contributed by atoms with Crippen molar-refractivity contribution in [3.63, 3.8) is 0 Å². The fraction of sp³-hybridized carbons (Fsp3) is 1.00. The fourth-order valence-electron chi connectivity index (χ4n) is 2.37. The normalized spacial score (nSPS) is 22.5. The van der Waals surface area contributed by atoms with Gasteiger partial charge in [-0.3, -0.25) is 0 Å². The van der Waals surface area contributed by atoms with Crippen molar-refractivity contribution < 1.29 is 5.11 Å². The molecule has 2 nitrogen and oxygen atoms in total. The molecule has 2 N–H and O–H groups in total. The lowest BCUT2D eigenvalue weighted by Gasteiger charge is -2.35. The number of rotatable bonds is 6. The zero-order valence-electron chi connectivity index (χ0n) is 8.83. The Bertz CT molecular complexity index is 160. The van der Waals surface area contributed by atoms with Crippen LogP contribution in [-0.4, -0.2) is 29.0 Å². The highest BCUT2D eigenvalue weighted by molar-refractivity contribution is 8.68. The van der Waals surface area contributed by atoms with E-state index in [4.69, 9.17) is 0 Å². The van der Waals surface area contributed by atoms with Crippen LogP contribution in [0.2, 0.25) is 0 Å². The lowest BCUT2D eigenvalue weighted by molar-refractivity contribution is 0.0604. The molecule has 1 rings (SSSR count). The maximum Gasteiger partial charge on any atom is 0.0719 e. The molecule has 1 aliphatic rings. The highest BCUT2D eigenvalue weighted by Gasteiger charge is 2.38. The van der Waals surface area contributed by atoms with Crippen LogP contribution in [0.15, 0.2) is 0 Å². The molecular formula is C10H21NOS2. The Morgan fingerprint density at radius 2 is 2.14 bits per heavy atom. The standard InChI is InChI=1S/C10H21NOS2/c1-2-9(12)10(5-3-4-6-10)11-7-8-14-13/h9,11-13H,2-8H2,1H3. The quantitative estimate of drug-likeness (QED) is 0.375. The molecule has 0 spiro atoms. The maximum atomic E-state index is 10.0. The smallest absolute Gasteiger partial charge is 0.0719 e. The molecular weight excluding hydrogens is 214 g/mol. The SMILES string of the molecule is CCC(O)C1(NCCSS)CCCC1. The van der Waals surface area contributed by atoms with Gasteiger partial charge in [-0.15, -0.1) is 11.7 Å². The van der Waals surface area contributed by atoms with Crippen molar-refractivity contribution in [2.24, 2.45) is 0 Å². The van der Waals surface area contributed by atoms with E-state index < -0.39 is 0 Å². The van der Waals surface area contributed by atoms with Crippen LogP contribution in [-0.2, 0) is 0 Å². The molecule has 0 amide bonds. The summed E-state index contributed by atoms with van der Waals surface area (Å²) < 4.78 is 0. The lowest BCUT2D eigenvalue weighted by Crippen LogP contribution is -2.52. The van der Waals surface area contributed by atoms with E-state index >= 15 is 0 Å². The first-order chi connectivity index (χ1) is 6.75. The molecule has 0 aromatic heterocycles. The molecule has 0 bridgehead atoms. The molecule has 0 heterocycles. The van der Waals surface area contributed by atoms with E-state index in [-0.39, 0.29) is 11.6 Å². The molecule has 1 atom stereocenters. The largest absolute Gasteiger partial charge is 0.391 e. The second kappa shape index (κ2) is 6.26. The molecule has 0 aliphatic heterocycles. The summed E-state index contributed by atoms with van der Waals surface area (Å²) in [7, 11) is 1.55. The van der Waals surface area contributed by atoms with Gasteiger partial charge in [-0.2, -0.15) is 0 Å². The molecule has 1 unspecified atom stereocenters. The van der Waals surface area contributed by atoms with Crippen LogP contribution in [0.4, 0.5) is 0 Å². The highest BCUT2D eigenvalue weighted by atomic mass is 33.1.